The number of aromatic nitrogens is 2. The molecule has 0 aliphatic heterocycles. The van der Waals surface area contributed by atoms with Crippen molar-refractivity contribution in [1.82, 2.24) is 14.9 Å². The predicted molar refractivity (Wildman–Crippen MR) is 104 cm³/mol. The number of hydrogen-bond acceptors (Lipinski definition) is 4. The quantitative estimate of drug-likeness (QED) is 0.699. The minimum atomic E-state index is -0.260. The van der Waals surface area contributed by atoms with Crippen molar-refractivity contribution in [3.8, 4) is 17.0 Å². The number of ether oxygens (including phenoxy) is 1. The summed E-state index contributed by atoms with van der Waals surface area (Å²) in [5.74, 6) is 0.560. The van der Waals surface area contributed by atoms with E-state index in [0.717, 1.165) is 16.9 Å². The van der Waals surface area contributed by atoms with Crippen molar-refractivity contribution in [2.75, 3.05) is 13.7 Å². The molecule has 6 heteroatoms. The number of nitrogens with one attached hydrogen (secondary N) is 1. The van der Waals surface area contributed by atoms with Gasteiger partial charge < -0.3 is 10.1 Å². The molecule has 6 nitrogen and oxygen atoms in total. The Morgan fingerprint density at radius 3 is 2.59 bits per heavy atom. The van der Waals surface area contributed by atoms with Gasteiger partial charge in [0.1, 0.15) is 12.3 Å². The van der Waals surface area contributed by atoms with Gasteiger partial charge in [-0.2, -0.15) is 0 Å². The number of hydrogen-bond donors (Lipinski definition) is 1. The van der Waals surface area contributed by atoms with Gasteiger partial charge in [-0.3, -0.25) is 14.2 Å². The third-order valence-electron chi connectivity index (χ3n) is 4.17. The van der Waals surface area contributed by atoms with Gasteiger partial charge in [-0.05, 0) is 18.1 Å². The van der Waals surface area contributed by atoms with E-state index < -0.39 is 0 Å². The Balaban J connectivity index is 1.57. The van der Waals surface area contributed by atoms with Crippen LogP contribution in [0.2, 0.25) is 0 Å². The lowest BCUT2D eigenvalue weighted by Crippen LogP contribution is -2.33. The minimum Gasteiger partial charge on any atom is -0.496 e. The van der Waals surface area contributed by atoms with E-state index in [2.05, 4.69) is 10.3 Å². The average Bonchev–Trinajstić information content (AvgIpc) is 2.70. The van der Waals surface area contributed by atoms with Gasteiger partial charge in [0, 0.05) is 18.2 Å². The molecule has 3 rings (SSSR count). The Labute approximate surface area is 157 Å². The highest BCUT2D eigenvalue weighted by atomic mass is 16.5. The zero-order valence-corrected chi connectivity index (χ0v) is 15.1. The Kier molecular flexibility index (Phi) is 5.99. The topological polar surface area (TPSA) is 73.2 Å². The molecule has 0 bridgehead atoms. The maximum atomic E-state index is 12.3. The summed E-state index contributed by atoms with van der Waals surface area (Å²) in [7, 11) is 1.62. The highest BCUT2D eigenvalue weighted by Gasteiger charge is 2.08. The Bertz CT molecular complexity index is 968. The van der Waals surface area contributed by atoms with Crippen molar-refractivity contribution in [3.05, 3.63) is 82.9 Å². The summed E-state index contributed by atoms with van der Waals surface area (Å²) in [6, 6.07) is 18.6. The molecule has 1 amide bonds. The molecule has 2 aromatic carbocycles. The second kappa shape index (κ2) is 8.80. The summed E-state index contributed by atoms with van der Waals surface area (Å²) >= 11 is 0. The van der Waals surface area contributed by atoms with E-state index in [0.29, 0.717) is 18.7 Å². The first-order valence-corrected chi connectivity index (χ1v) is 8.68. The molecule has 0 radical (unpaired) electrons. The van der Waals surface area contributed by atoms with E-state index in [1.165, 1.54) is 17.0 Å². The van der Waals surface area contributed by atoms with Gasteiger partial charge in [-0.25, -0.2) is 4.98 Å². The number of methoxy groups -OCH3 is 1. The van der Waals surface area contributed by atoms with E-state index in [4.69, 9.17) is 4.74 Å². The highest BCUT2D eigenvalue weighted by Crippen LogP contribution is 2.17. The average molecular weight is 363 g/mol. The van der Waals surface area contributed by atoms with Crippen LogP contribution < -0.4 is 15.6 Å². The smallest absolute Gasteiger partial charge is 0.254 e. The van der Waals surface area contributed by atoms with Crippen LogP contribution >= 0.6 is 0 Å². The van der Waals surface area contributed by atoms with Crippen molar-refractivity contribution in [2.45, 2.75) is 13.0 Å². The fourth-order valence-corrected chi connectivity index (χ4v) is 2.77. The van der Waals surface area contributed by atoms with E-state index in [-0.39, 0.29) is 18.0 Å². The van der Waals surface area contributed by atoms with Gasteiger partial charge >= 0.3 is 0 Å². The fraction of sp³-hybridized carbons (Fsp3) is 0.190. The summed E-state index contributed by atoms with van der Waals surface area (Å²) in [4.78, 5) is 28.7. The third kappa shape index (κ3) is 4.82. The number of rotatable bonds is 7. The molecule has 0 fully saturated rings. The highest BCUT2D eigenvalue weighted by molar-refractivity contribution is 5.75. The molecule has 3 aromatic rings. The zero-order chi connectivity index (χ0) is 19.1. The van der Waals surface area contributed by atoms with Crippen LogP contribution in [-0.2, 0) is 17.8 Å². The SMILES string of the molecule is COc1ccccc1CCNC(=O)Cn1cnc(-c2ccccc2)cc1=O. The van der Waals surface area contributed by atoms with E-state index >= 15 is 0 Å². The van der Waals surface area contributed by atoms with Gasteiger partial charge in [0.2, 0.25) is 5.91 Å². The van der Waals surface area contributed by atoms with Crippen LogP contribution in [0.5, 0.6) is 5.75 Å². The van der Waals surface area contributed by atoms with E-state index in [1.54, 1.807) is 7.11 Å². The largest absolute Gasteiger partial charge is 0.496 e. The van der Waals surface area contributed by atoms with Gasteiger partial charge in [0.05, 0.1) is 19.1 Å². The summed E-state index contributed by atoms with van der Waals surface area (Å²) in [6.45, 7) is 0.399. The lowest BCUT2D eigenvalue weighted by Gasteiger charge is -2.10. The van der Waals surface area contributed by atoms with Gasteiger partial charge in [0.25, 0.3) is 5.56 Å². The maximum Gasteiger partial charge on any atom is 0.254 e. The van der Waals surface area contributed by atoms with E-state index in [1.807, 2.05) is 54.6 Å². The van der Waals surface area contributed by atoms with Crippen molar-refractivity contribution in [2.24, 2.45) is 0 Å². The summed E-state index contributed by atoms with van der Waals surface area (Å²) in [5.41, 5.74) is 2.21. The standard InChI is InChI=1S/C21H21N3O3/c1-27-19-10-6-5-9-17(19)11-12-22-20(25)14-24-15-23-18(13-21(24)26)16-7-3-2-4-8-16/h2-10,13,15H,11-12,14H2,1H3,(H,22,25). The van der Waals surface area contributed by atoms with Gasteiger partial charge in [0.15, 0.2) is 0 Å². The molecule has 0 aliphatic rings. The number of benzene rings is 2. The molecule has 0 aliphatic carbocycles. The van der Waals surface area contributed by atoms with Crippen molar-refractivity contribution < 1.29 is 9.53 Å². The van der Waals surface area contributed by atoms with Crippen molar-refractivity contribution >= 4 is 5.91 Å². The second-order valence-electron chi connectivity index (χ2n) is 6.02. The van der Waals surface area contributed by atoms with Gasteiger partial charge in [-0.15, -0.1) is 0 Å². The van der Waals surface area contributed by atoms with Gasteiger partial charge in [-0.1, -0.05) is 48.5 Å². The monoisotopic (exact) mass is 363 g/mol. The van der Waals surface area contributed by atoms with Crippen LogP contribution in [0.3, 0.4) is 0 Å². The fourth-order valence-electron chi connectivity index (χ4n) is 2.77. The van der Waals surface area contributed by atoms with Crippen LogP contribution in [-0.4, -0.2) is 29.1 Å². The third-order valence-corrected chi connectivity index (χ3v) is 4.17. The van der Waals surface area contributed by atoms with Crippen LogP contribution in [0.25, 0.3) is 11.3 Å². The lowest BCUT2D eigenvalue weighted by molar-refractivity contribution is -0.121. The molecule has 27 heavy (non-hydrogen) atoms. The second-order valence-corrected chi connectivity index (χ2v) is 6.02. The number of para-hydroxylation sites is 1. The minimum absolute atomic E-state index is 0.0627. The summed E-state index contributed by atoms with van der Waals surface area (Å²) in [5, 5.41) is 2.82. The first-order valence-electron chi connectivity index (χ1n) is 8.68. The molecule has 1 heterocycles. The maximum absolute atomic E-state index is 12.3. The molecule has 0 unspecified atom stereocenters. The Morgan fingerprint density at radius 1 is 1.11 bits per heavy atom. The molecule has 1 aromatic heterocycles. The number of amides is 1. The van der Waals surface area contributed by atoms with Crippen molar-refractivity contribution in [1.29, 1.82) is 0 Å². The first-order chi connectivity index (χ1) is 13.2. The molecule has 1 N–H and O–H groups in total. The first kappa shape index (κ1) is 18.4. The zero-order valence-electron chi connectivity index (χ0n) is 15.1. The number of carbonyl (C=O) groups is 1. The van der Waals surface area contributed by atoms with Crippen LogP contribution in [0.1, 0.15) is 5.56 Å². The molecule has 0 spiro atoms. The molecular weight excluding hydrogens is 342 g/mol. The Hall–Kier alpha value is -3.41. The molecule has 0 saturated heterocycles. The van der Waals surface area contributed by atoms with Crippen molar-refractivity contribution in [3.63, 3.8) is 0 Å². The number of carbonyl (C=O) groups excluding carboxylic acids is 1. The van der Waals surface area contributed by atoms with Crippen LogP contribution in [0, 0.1) is 0 Å². The predicted octanol–water partition coefficient (Wildman–Crippen LogP) is 2.28. The summed E-state index contributed by atoms with van der Waals surface area (Å²) in [6.07, 6.45) is 2.06. The molecule has 0 saturated carbocycles. The molecular formula is C21H21N3O3. The van der Waals surface area contributed by atoms with Crippen LogP contribution in [0.4, 0.5) is 0 Å². The normalized spacial score (nSPS) is 10.4. The summed E-state index contributed by atoms with van der Waals surface area (Å²) < 4.78 is 6.59. The van der Waals surface area contributed by atoms with E-state index in [9.17, 15) is 9.59 Å². The molecule has 0 atom stereocenters. The molecule has 138 valence electrons. The Morgan fingerprint density at radius 2 is 1.85 bits per heavy atom. The van der Waals surface area contributed by atoms with Crippen LogP contribution in [0.15, 0.2) is 71.8 Å². The lowest BCUT2D eigenvalue weighted by atomic mass is 10.1. The number of nitrogens with zero attached hydrogens (tertiary/aromatic N) is 2.